The molecule has 0 heterocycles. The molecule has 0 spiro atoms. The van der Waals surface area contributed by atoms with Crippen molar-refractivity contribution in [2.75, 3.05) is 21.3 Å². The van der Waals surface area contributed by atoms with E-state index < -0.39 is 0 Å². The monoisotopic (exact) mass is 239 g/mol. The van der Waals surface area contributed by atoms with Crippen molar-refractivity contribution in [3.8, 4) is 0 Å². The second kappa shape index (κ2) is 19.0. The van der Waals surface area contributed by atoms with E-state index in [0.29, 0.717) is 0 Å². The minimum absolute atomic E-state index is 0. The van der Waals surface area contributed by atoms with Crippen LogP contribution in [0.1, 0.15) is 20.8 Å². The molecule has 0 saturated heterocycles. The maximum Gasteiger partial charge on any atom is 0.302 e. The first-order valence-corrected chi connectivity index (χ1v) is 3.95. The van der Waals surface area contributed by atoms with Gasteiger partial charge in [-0.1, -0.05) is 0 Å². The van der Waals surface area contributed by atoms with Crippen LogP contribution in [0.15, 0.2) is 0 Å². The van der Waals surface area contributed by atoms with Crippen LogP contribution in [0.25, 0.3) is 0 Å². The molecular formula is C9H21NO6. The molecule has 0 fully saturated rings. The van der Waals surface area contributed by atoms with Gasteiger partial charge in [-0.2, -0.15) is 0 Å². The molecule has 0 unspecified atom stereocenters. The van der Waals surface area contributed by atoms with Gasteiger partial charge in [0, 0.05) is 20.8 Å². The molecule has 0 rings (SSSR count). The average molecular weight is 239 g/mol. The Balaban J connectivity index is -0.0000000655. The third-order valence-electron chi connectivity index (χ3n) is 0.862. The van der Waals surface area contributed by atoms with Crippen LogP contribution in [-0.4, -0.2) is 39.2 Å². The lowest BCUT2D eigenvalue weighted by Gasteiger charge is -1.80. The summed E-state index contributed by atoms with van der Waals surface area (Å²) < 4.78 is 12.3. The van der Waals surface area contributed by atoms with Crippen molar-refractivity contribution < 1.29 is 28.6 Å². The number of carbonyl (C=O) groups is 3. The third kappa shape index (κ3) is 83.7. The van der Waals surface area contributed by atoms with Crippen LogP contribution in [0.2, 0.25) is 0 Å². The van der Waals surface area contributed by atoms with Gasteiger partial charge in [-0.25, -0.2) is 0 Å². The molecule has 0 aromatic rings. The Morgan fingerprint density at radius 3 is 0.688 bits per heavy atom. The summed E-state index contributed by atoms with van der Waals surface area (Å²) in [7, 11) is 4.05. The van der Waals surface area contributed by atoms with Gasteiger partial charge in [0.05, 0.1) is 21.3 Å². The number of hydrogen-bond donors (Lipinski definition) is 1. The Morgan fingerprint density at radius 1 is 0.625 bits per heavy atom. The van der Waals surface area contributed by atoms with Gasteiger partial charge >= 0.3 is 17.9 Å². The normalized spacial score (nSPS) is 6.38. The van der Waals surface area contributed by atoms with E-state index in [-0.39, 0.29) is 24.1 Å². The smallest absolute Gasteiger partial charge is 0.302 e. The fourth-order valence-corrected chi connectivity index (χ4v) is 0. The molecule has 0 aliphatic heterocycles. The summed E-state index contributed by atoms with van der Waals surface area (Å²) in [4.78, 5) is 28.8. The van der Waals surface area contributed by atoms with Gasteiger partial charge in [-0.15, -0.1) is 0 Å². The predicted molar refractivity (Wildman–Crippen MR) is 58.1 cm³/mol. The van der Waals surface area contributed by atoms with Crippen LogP contribution >= 0.6 is 0 Å². The first-order chi connectivity index (χ1) is 6.81. The number of carbonyl (C=O) groups excluding carboxylic acids is 3. The van der Waals surface area contributed by atoms with Crippen LogP contribution in [0.5, 0.6) is 0 Å². The maximum absolute atomic E-state index is 9.59. The van der Waals surface area contributed by atoms with Gasteiger partial charge in [0.25, 0.3) is 0 Å². The van der Waals surface area contributed by atoms with E-state index in [2.05, 4.69) is 14.2 Å². The van der Waals surface area contributed by atoms with E-state index >= 15 is 0 Å². The van der Waals surface area contributed by atoms with Crippen molar-refractivity contribution in [1.29, 1.82) is 0 Å². The summed E-state index contributed by atoms with van der Waals surface area (Å²) in [6, 6.07) is 0. The Morgan fingerprint density at radius 2 is 0.688 bits per heavy atom. The summed E-state index contributed by atoms with van der Waals surface area (Å²) in [5.74, 6) is -0.736. The molecule has 0 radical (unpaired) electrons. The number of rotatable bonds is 0. The van der Waals surface area contributed by atoms with E-state index in [0.717, 1.165) is 0 Å². The lowest BCUT2D eigenvalue weighted by Crippen LogP contribution is -1.88. The Labute approximate surface area is 95.6 Å². The Kier molecular flexibility index (Phi) is 28.4. The van der Waals surface area contributed by atoms with E-state index in [9.17, 15) is 14.4 Å². The number of esters is 3. The van der Waals surface area contributed by atoms with Gasteiger partial charge < -0.3 is 20.4 Å². The van der Waals surface area contributed by atoms with E-state index in [1.165, 1.54) is 42.1 Å². The van der Waals surface area contributed by atoms with Gasteiger partial charge in [0.1, 0.15) is 0 Å². The van der Waals surface area contributed by atoms with Crippen molar-refractivity contribution in [2.24, 2.45) is 0 Å². The number of ether oxygens (including phenoxy) is 3. The molecule has 7 nitrogen and oxygen atoms in total. The molecule has 0 aromatic carbocycles. The highest BCUT2D eigenvalue weighted by molar-refractivity contribution is 5.66. The lowest BCUT2D eigenvalue weighted by molar-refractivity contribution is -0.138. The van der Waals surface area contributed by atoms with Gasteiger partial charge in [0.15, 0.2) is 0 Å². The highest BCUT2D eigenvalue weighted by Crippen LogP contribution is 1.61. The second-order valence-electron chi connectivity index (χ2n) is 2.09. The van der Waals surface area contributed by atoms with E-state index in [4.69, 9.17) is 0 Å². The first kappa shape index (κ1) is 23.9. The van der Waals surface area contributed by atoms with Crippen LogP contribution in [0.4, 0.5) is 0 Å². The van der Waals surface area contributed by atoms with Crippen molar-refractivity contribution in [2.45, 2.75) is 20.8 Å². The van der Waals surface area contributed by atoms with Crippen molar-refractivity contribution in [3.63, 3.8) is 0 Å². The van der Waals surface area contributed by atoms with Crippen molar-refractivity contribution >= 4 is 17.9 Å². The topological polar surface area (TPSA) is 114 Å². The molecular weight excluding hydrogens is 218 g/mol. The van der Waals surface area contributed by atoms with Crippen molar-refractivity contribution in [3.05, 3.63) is 0 Å². The van der Waals surface area contributed by atoms with Crippen LogP contribution in [0, 0.1) is 0 Å². The zero-order valence-electron chi connectivity index (χ0n) is 10.7. The first-order valence-electron chi connectivity index (χ1n) is 3.95. The Bertz CT molecular complexity index is 159. The summed E-state index contributed by atoms with van der Waals surface area (Å²) in [6.45, 7) is 4.08. The molecule has 16 heavy (non-hydrogen) atoms. The van der Waals surface area contributed by atoms with E-state index in [1.54, 1.807) is 0 Å². The highest BCUT2D eigenvalue weighted by atomic mass is 16.5. The standard InChI is InChI=1S/3C3H6O2.H3N/c3*1-3(4)5-2;/h3*1-2H3;1H3. The average Bonchev–Trinajstić information content (AvgIpc) is 2.19. The predicted octanol–water partition coefficient (Wildman–Crippen LogP) is 0.700. The maximum atomic E-state index is 9.59. The second-order valence-corrected chi connectivity index (χ2v) is 2.09. The minimum Gasteiger partial charge on any atom is -0.469 e. The number of hydrogen-bond acceptors (Lipinski definition) is 7. The zero-order valence-corrected chi connectivity index (χ0v) is 10.7. The third-order valence-corrected chi connectivity index (χ3v) is 0.862. The van der Waals surface area contributed by atoms with Gasteiger partial charge in [0.2, 0.25) is 0 Å². The summed E-state index contributed by atoms with van der Waals surface area (Å²) in [5.41, 5.74) is 0. The molecule has 0 aliphatic rings. The fourth-order valence-electron chi connectivity index (χ4n) is 0. The molecule has 0 aromatic heterocycles. The number of methoxy groups -OCH3 is 3. The molecule has 0 atom stereocenters. The fraction of sp³-hybridized carbons (Fsp3) is 0.667. The zero-order chi connectivity index (χ0) is 12.9. The molecule has 0 saturated carbocycles. The van der Waals surface area contributed by atoms with Crippen LogP contribution in [-0.2, 0) is 28.6 Å². The van der Waals surface area contributed by atoms with Crippen LogP contribution in [0.3, 0.4) is 0 Å². The van der Waals surface area contributed by atoms with Gasteiger partial charge in [-0.3, -0.25) is 14.4 Å². The summed E-state index contributed by atoms with van der Waals surface area (Å²) in [6.07, 6.45) is 0. The lowest BCUT2D eigenvalue weighted by atomic mass is 10.8. The molecule has 98 valence electrons. The van der Waals surface area contributed by atoms with Crippen LogP contribution < -0.4 is 6.15 Å². The SMILES string of the molecule is COC(C)=O.COC(C)=O.COC(C)=O.N. The summed E-state index contributed by atoms with van der Waals surface area (Å²) >= 11 is 0. The molecule has 3 N–H and O–H groups in total. The highest BCUT2D eigenvalue weighted by Gasteiger charge is 1.76. The summed E-state index contributed by atoms with van der Waals surface area (Å²) in [5, 5.41) is 0. The largest absolute Gasteiger partial charge is 0.469 e. The van der Waals surface area contributed by atoms with E-state index in [1.807, 2.05) is 0 Å². The molecule has 0 aliphatic carbocycles. The Hall–Kier alpha value is -1.63. The quantitative estimate of drug-likeness (QED) is 0.488. The minimum atomic E-state index is -0.245. The molecule has 7 heteroatoms. The van der Waals surface area contributed by atoms with Crippen molar-refractivity contribution in [1.82, 2.24) is 6.15 Å². The van der Waals surface area contributed by atoms with Gasteiger partial charge in [-0.05, 0) is 0 Å². The molecule has 0 amide bonds. The molecule has 0 bridgehead atoms.